The number of amides is 2. The third-order valence-electron chi connectivity index (χ3n) is 4.10. The second-order valence-corrected chi connectivity index (χ2v) is 6.21. The van der Waals surface area contributed by atoms with Crippen molar-refractivity contribution in [3.63, 3.8) is 0 Å². The number of hydrogen-bond acceptors (Lipinski definition) is 4. The Morgan fingerprint density at radius 3 is 2.07 bits per heavy atom. The van der Waals surface area contributed by atoms with Crippen molar-refractivity contribution < 1.29 is 19.4 Å². The van der Waals surface area contributed by atoms with Crippen molar-refractivity contribution >= 4 is 11.8 Å². The summed E-state index contributed by atoms with van der Waals surface area (Å²) in [7, 11) is 0. The Morgan fingerprint density at radius 1 is 0.926 bits per heavy atom. The first-order valence-corrected chi connectivity index (χ1v) is 8.99. The number of rotatable bonds is 9. The van der Waals surface area contributed by atoms with Gasteiger partial charge in [0.1, 0.15) is 6.10 Å². The van der Waals surface area contributed by atoms with Crippen molar-refractivity contribution in [3.8, 4) is 0 Å². The van der Waals surface area contributed by atoms with Gasteiger partial charge in [0.25, 0.3) is 11.8 Å². The average molecular weight is 370 g/mol. The van der Waals surface area contributed by atoms with Gasteiger partial charge in [0.2, 0.25) is 0 Å². The molecule has 0 bridgehead atoms. The second-order valence-electron chi connectivity index (χ2n) is 6.21. The van der Waals surface area contributed by atoms with E-state index in [0.717, 1.165) is 5.56 Å². The van der Waals surface area contributed by atoms with Crippen LogP contribution in [0.3, 0.4) is 0 Å². The Morgan fingerprint density at radius 2 is 1.48 bits per heavy atom. The van der Waals surface area contributed by atoms with Crippen LogP contribution in [0.15, 0.2) is 54.6 Å². The highest BCUT2D eigenvalue weighted by Crippen LogP contribution is 2.05. The van der Waals surface area contributed by atoms with Gasteiger partial charge in [0, 0.05) is 30.8 Å². The standard InChI is InChI=1S/C21H26N2O4/c1-3-27-19(14-23-21(26)17-11-9-15(2)10-12-17)18(24)13-22-20(25)16-7-5-4-6-8-16/h4-12,18-19,24H,3,13-14H2,1-2H3,(H,22,25)(H,23,26)/t18-,19+/m0/s1. The van der Waals surface area contributed by atoms with Crippen molar-refractivity contribution in [2.45, 2.75) is 26.1 Å². The molecule has 2 aromatic rings. The molecule has 0 heterocycles. The molecular weight excluding hydrogens is 344 g/mol. The van der Waals surface area contributed by atoms with Gasteiger partial charge < -0.3 is 20.5 Å². The molecule has 0 saturated carbocycles. The quantitative estimate of drug-likeness (QED) is 0.629. The molecule has 0 aliphatic rings. The molecule has 2 amide bonds. The van der Waals surface area contributed by atoms with Gasteiger partial charge in [-0.05, 0) is 38.1 Å². The Kier molecular flexibility index (Phi) is 7.98. The molecule has 0 aromatic heterocycles. The summed E-state index contributed by atoms with van der Waals surface area (Å²) in [6, 6.07) is 16.0. The SMILES string of the molecule is CCO[C@H](CNC(=O)c1ccc(C)cc1)[C@@H](O)CNC(=O)c1ccccc1. The second kappa shape index (κ2) is 10.4. The lowest BCUT2D eigenvalue weighted by atomic mass is 10.1. The lowest BCUT2D eigenvalue weighted by molar-refractivity contribution is -0.0287. The molecule has 2 rings (SSSR count). The van der Waals surface area contributed by atoms with E-state index in [2.05, 4.69) is 10.6 Å². The van der Waals surface area contributed by atoms with Gasteiger partial charge in [-0.3, -0.25) is 9.59 Å². The summed E-state index contributed by atoms with van der Waals surface area (Å²) in [6.45, 7) is 4.31. The van der Waals surface area contributed by atoms with Crippen molar-refractivity contribution in [2.75, 3.05) is 19.7 Å². The Labute approximate surface area is 159 Å². The summed E-state index contributed by atoms with van der Waals surface area (Å²) in [6.07, 6.45) is -1.57. The highest BCUT2D eigenvalue weighted by Gasteiger charge is 2.21. The maximum absolute atomic E-state index is 12.2. The van der Waals surface area contributed by atoms with E-state index < -0.39 is 12.2 Å². The van der Waals surface area contributed by atoms with Crippen LogP contribution in [0.25, 0.3) is 0 Å². The molecule has 2 aromatic carbocycles. The van der Waals surface area contributed by atoms with Crippen LogP contribution < -0.4 is 10.6 Å². The molecule has 144 valence electrons. The third-order valence-corrected chi connectivity index (χ3v) is 4.10. The number of aliphatic hydroxyl groups excluding tert-OH is 1. The first-order chi connectivity index (χ1) is 13.0. The third kappa shape index (κ3) is 6.51. The average Bonchev–Trinajstić information content (AvgIpc) is 2.70. The molecule has 6 nitrogen and oxygen atoms in total. The van der Waals surface area contributed by atoms with E-state index in [1.165, 1.54) is 0 Å². The largest absolute Gasteiger partial charge is 0.388 e. The van der Waals surface area contributed by atoms with Gasteiger partial charge in [-0.25, -0.2) is 0 Å². The fourth-order valence-corrected chi connectivity index (χ4v) is 2.54. The van der Waals surface area contributed by atoms with Gasteiger partial charge in [0.15, 0.2) is 0 Å². The minimum Gasteiger partial charge on any atom is -0.388 e. The van der Waals surface area contributed by atoms with Crippen LogP contribution in [0, 0.1) is 6.92 Å². The fourth-order valence-electron chi connectivity index (χ4n) is 2.54. The van der Waals surface area contributed by atoms with E-state index >= 15 is 0 Å². The number of aliphatic hydroxyl groups is 1. The van der Waals surface area contributed by atoms with Crippen LogP contribution in [0.4, 0.5) is 0 Å². The number of nitrogens with one attached hydrogen (secondary N) is 2. The van der Waals surface area contributed by atoms with Crippen LogP contribution in [-0.2, 0) is 4.74 Å². The molecule has 0 fully saturated rings. The van der Waals surface area contributed by atoms with Crippen LogP contribution >= 0.6 is 0 Å². The van der Waals surface area contributed by atoms with Crippen molar-refractivity contribution in [2.24, 2.45) is 0 Å². The Hall–Kier alpha value is -2.70. The predicted octanol–water partition coefficient (Wildman–Crippen LogP) is 1.92. The highest BCUT2D eigenvalue weighted by atomic mass is 16.5. The van der Waals surface area contributed by atoms with Crippen LogP contribution in [0.1, 0.15) is 33.2 Å². The smallest absolute Gasteiger partial charge is 0.251 e. The molecule has 2 atom stereocenters. The molecule has 6 heteroatoms. The zero-order valence-corrected chi connectivity index (χ0v) is 15.6. The number of benzene rings is 2. The first-order valence-electron chi connectivity index (χ1n) is 8.99. The summed E-state index contributed by atoms with van der Waals surface area (Å²) in [5.41, 5.74) is 2.14. The molecule has 0 aliphatic heterocycles. The van der Waals surface area contributed by atoms with Crippen molar-refractivity contribution in [3.05, 3.63) is 71.3 Å². The molecule has 0 saturated heterocycles. The predicted molar refractivity (Wildman–Crippen MR) is 104 cm³/mol. The molecule has 0 spiro atoms. The van der Waals surface area contributed by atoms with E-state index in [4.69, 9.17) is 4.74 Å². The number of hydrogen-bond donors (Lipinski definition) is 3. The van der Waals surface area contributed by atoms with Crippen molar-refractivity contribution in [1.29, 1.82) is 0 Å². The van der Waals surface area contributed by atoms with Gasteiger partial charge >= 0.3 is 0 Å². The van der Waals surface area contributed by atoms with E-state index in [0.29, 0.717) is 17.7 Å². The normalized spacial score (nSPS) is 12.9. The Bertz CT molecular complexity index is 732. The van der Waals surface area contributed by atoms with Crippen LogP contribution in [-0.4, -0.2) is 48.8 Å². The van der Waals surface area contributed by atoms with Crippen molar-refractivity contribution in [1.82, 2.24) is 10.6 Å². The lowest BCUT2D eigenvalue weighted by Gasteiger charge is -2.23. The highest BCUT2D eigenvalue weighted by molar-refractivity contribution is 5.94. The van der Waals surface area contributed by atoms with Crippen LogP contribution in [0.5, 0.6) is 0 Å². The van der Waals surface area contributed by atoms with E-state index in [1.54, 1.807) is 36.4 Å². The minimum atomic E-state index is -0.948. The van der Waals surface area contributed by atoms with Gasteiger partial charge in [-0.2, -0.15) is 0 Å². The summed E-state index contributed by atoms with van der Waals surface area (Å²) in [5, 5.41) is 15.8. The molecule has 0 unspecified atom stereocenters. The summed E-state index contributed by atoms with van der Waals surface area (Å²) < 4.78 is 5.53. The lowest BCUT2D eigenvalue weighted by Crippen LogP contribution is -2.46. The number of aryl methyl sites for hydroxylation is 1. The van der Waals surface area contributed by atoms with Gasteiger partial charge in [0.05, 0.1) is 6.10 Å². The summed E-state index contributed by atoms with van der Waals surface area (Å²) >= 11 is 0. The number of carbonyl (C=O) groups excluding carboxylic acids is 2. The zero-order chi connectivity index (χ0) is 19.6. The molecule has 3 N–H and O–H groups in total. The van der Waals surface area contributed by atoms with Crippen LogP contribution in [0.2, 0.25) is 0 Å². The topological polar surface area (TPSA) is 87.7 Å². The molecular formula is C21H26N2O4. The monoisotopic (exact) mass is 370 g/mol. The van der Waals surface area contributed by atoms with Gasteiger partial charge in [-0.1, -0.05) is 35.9 Å². The summed E-state index contributed by atoms with van der Waals surface area (Å²) in [4.78, 5) is 24.3. The summed E-state index contributed by atoms with van der Waals surface area (Å²) in [5.74, 6) is -0.506. The number of carbonyl (C=O) groups is 2. The molecule has 27 heavy (non-hydrogen) atoms. The minimum absolute atomic E-state index is 0.0266. The molecule has 0 radical (unpaired) electrons. The van der Waals surface area contributed by atoms with Gasteiger partial charge in [-0.15, -0.1) is 0 Å². The molecule has 0 aliphatic carbocycles. The van der Waals surface area contributed by atoms with E-state index in [1.807, 2.05) is 32.0 Å². The maximum Gasteiger partial charge on any atom is 0.251 e. The van der Waals surface area contributed by atoms with E-state index in [-0.39, 0.29) is 24.9 Å². The maximum atomic E-state index is 12.2. The first kappa shape index (κ1) is 20.6. The zero-order valence-electron chi connectivity index (χ0n) is 15.6. The number of ether oxygens (including phenoxy) is 1. The fraction of sp³-hybridized carbons (Fsp3) is 0.333. The Balaban J connectivity index is 1.86. The van der Waals surface area contributed by atoms with E-state index in [9.17, 15) is 14.7 Å².